The van der Waals surface area contributed by atoms with Gasteiger partial charge in [-0.2, -0.15) is 0 Å². The van der Waals surface area contributed by atoms with Crippen LogP contribution in [0.15, 0.2) is 12.1 Å². The van der Waals surface area contributed by atoms with Crippen molar-refractivity contribution in [1.82, 2.24) is 4.90 Å². The molecule has 1 aromatic rings. The third-order valence-corrected chi connectivity index (χ3v) is 7.89. The molecule has 1 unspecified atom stereocenters. The molecule has 2 bridgehead atoms. The third-order valence-electron chi connectivity index (χ3n) is 7.89. The maximum Gasteiger partial charge on any atom is 0.174 e. The Morgan fingerprint density at radius 3 is 2.87 bits per heavy atom. The molecule has 1 aromatic carbocycles. The molecule has 0 radical (unpaired) electrons. The fraction of sp³-hybridized carbons (Fsp3) is 0.708. The van der Waals surface area contributed by atoms with Gasteiger partial charge in [0.15, 0.2) is 23.4 Å². The molecule has 4 atom stereocenters. The molecule has 1 saturated carbocycles. The zero-order chi connectivity index (χ0) is 20.4. The highest BCUT2D eigenvalue weighted by atomic mass is 35.5. The predicted octanol–water partition coefficient (Wildman–Crippen LogP) is 4.02. The molecule has 1 spiro atoms. The first kappa shape index (κ1) is 21.9. The van der Waals surface area contributed by atoms with E-state index in [-0.39, 0.29) is 30.0 Å². The van der Waals surface area contributed by atoms with Crippen molar-refractivity contribution in [3.63, 3.8) is 0 Å². The SMILES string of the molecule is CCCN1CC[C@]23c4c5ccc(O)c4OC2C(=O)CC[C@@]3(OCCC(C)C)[C@H]1C5.Cl. The van der Waals surface area contributed by atoms with E-state index >= 15 is 0 Å². The lowest BCUT2D eigenvalue weighted by molar-refractivity contribution is -0.214. The number of piperidine rings is 1. The summed E-state index contributed by atoms with van der Waals surface area (Å²) in [5, 5.41) is 10.6. The Hall–Kier alpha value is -1.30. The van der Waals surface area contributed by atoms with Gasteiger partial charge in [-0.1, -0.05) is 26.8 Å². The van der Waals surface area contributed by atoms with Crippen LogP contribution in [0.25, 0.3) is 0 Å². The van der Waals surface area contributed by atoms with E-state index in [2.05, 4.69) is 25.7 Å². The average molecular weight is 436 g/mol. The van der Waals surface area contributed by atoms with Crippen molar-refractivity contribution in [1.29, 1.82) is 0 Å². The molecule has 2 heterocycles. The van der Waals surface area contributed by atoms with Crippen molar-refractivity contribution in [2.75, 3.05) is 19.7 Å². The fourth-order valence-corrected chi connectivity index (χ4v) is 6.71. The summed E-state index contributed by atoms with van der Waals surface area (Å²) in [6.07, 6.45) is 4.60. The highest BCUT2D eigenvalue weighted by molar-refractivity contribution is 5.90. The number of phenols is 1. The van der Waals surface area contributed by atoms with Crippen LogP contribution in [-0.4, -0.2) is 53.2 Å². The maximum absolute atomic E-state index is 13.1. The van der Waals surface area contributed by atoms with Gasteiger partial charge in [0.1, 0.15) is 0 Å². The molecule has 166 valence electrons. The summed E-state index contributed by atoms with van der Waals surface area (Å²) in [5.41, 5.74) is 1.42. The standard InChI is InChI=1S/C24H33NO4.ClH/c1-4-11-25-12-10-23-20-16-5-6-17(26)21(20)29-22(23)18(27)7-9-24(23,19(25)14-16)28-13-8-15(2)3;/h5-6,15,19,22,26H,4,7-14H2,1-3H3;1H/t19-,22?,23+,24-;/m1./s1. The number of hydrogen-bond donors (Lipinski definition) is 1. The van der Waals surface area contributed by atoms with E-state index in [1.54, 1.807) is 6.07 Å². The first-order valence-corrected chi connectivity index (χ1v) is 11.4. The molecule has 5 nitrogen and oxygen atoms in total. The highest BCUT2D eigenvalue weighted by Crippen LogP contribution is 2.66. The Morgan fingerprint density at radius 1 is 1.33 bits per heavy atom. The molecule has 5 rings (SSSR count). The number of Topliss-reactive ketones (excluding diaryl/α,β-unsaturated/α-hetero) is 1. The van der Waals surface area contributed by atoms with Crippen molar-refractivity contribution in [3.8, 4) is 11.5 Å². The van der Waals surface area contributed by atoms with E-state index in [0.717, 1.165) is 50.8 Å². The largest absolute Gasteiger partial charge is 0.504 e. The van der Waals surface area contributed by atoms with Gasteiger partial charge in [0.05, 0.1) is 11.0 Å². The quantitative estimate of drug-likeness (QED) is 0.731. The van der Waals surface area contributed by atoms with Gasteiger partial charge in [0, 0.05) is 24.6 Å². The van der Waals surface area contributed by atoms with E-state index in [1.165, 1.54) is 5.56 Å². The number of benzene rings is 1. The number of likely N-dealkylation sites (tertiary alicyclic amines) is 1. The number of carbonyl (C=O) groups excluding carboxylic acids is 1. The van der Waals surface area contributed by atoms with Crippen molar-refractivity contribution in [2.45, 2.75) is 82.5 Å². The molecule has 6 heteroatoms. The van der Waals surface area contributed by atoms with Gasteiger partial charge in [-0.05, 0) is 62.7 Å². The van der Waals surface area contributed by atoms with Crippen LogP contribution in [-0.2, 0) is 21.4 Å². The average Bonchev–Trinajstić information content (AvgIpc) is 3.04. The minimum absolute atomic E-state index is 0. The second kappa shape index (κ2) is 7.68. The molecular weight excluding hydrogens is 402 g/mol. The van der Waals surface area contributed by atoms with Gasteiger partial charge >= 0.3 is 0 Å². The Labute approximate surface area is 185 Å². The van der Waals surface area contributed by atoms with E-state index in [0.29, 0.717) is 24.7 Å². The summed E-state index contributed by atoms with van der Waals surface area (Å²) < 4.78 is 13.2. The molecule has 30 heavy (non-hydrogen) atoms. The number of rotatable bonds is 6. The van der Waals surface area contributed by atoms with E-state index < -0.39 is 17.1 Å². The topological polar surface area (TPSA) is 59.0 Å². The van der Waals surface area contributed by atoms with Crippen LogP contribution in [0, 0.1) is 5.92 Å². The second-order valence-corrected chi connectivity index (χ2v) is 9.81. The second-order valence-electron chi connectivity index (χ2n) is 9.81. The van der Waals surface area contributed by atoms with Gasteiger partial charge in [0.2, 0.25) is 0 Å². The molecule has 0 aromatic heterocycles. The molecule has 4 aliphatic rings. The third kappa shape index (κ3) is 2.71. The van der Waals surface area contributed by atoms with Crippen molar-refractivity contribution in [2.24, 2.45) is 5.92 Å². The van der Waals surface area contributed by atoms with Gasteiger partial charge in [-0.25, -0.2) is 0 Å². The summed E-state index contributed by atoms with van der Waals surface area (Å²) in [7, 11) is 0. The van der Waals surface area contributed by atoms with Crippen LogP contribution >= 0.6 is 12.4 Å². The predicted molar refractivity (Wildman–Crippen MR) is 118 cm³/mol. The molecule has 2 fully saturated rings. The summed E-state index contributed by atoms with van der Waals surface area (Å²) in [6, 6.07) is 4.03. The highest BCUT2D eigenvalue weighted by Gasteiger charge is 2.74. The Kier molecular flexibility index (Phi) is 5.61. The lowest BCUT2D eigenvalue weighted by Crippen LogP contribution is -2.77. The number of phenolic OH excluding ortho intramolecular Hbond substituents is 1. The Bertz CT molecular complexity index is 843. The summed E-state index contributed by atoms with van der Waals surface area (Å²) >= 11 is 0. The molecule has 1 N–H and O–H groups in total. The van der Waals surface area contributed by atoms with Crippen LogP contribution in [0.2, 0.25) is 0 Å². The Morgan fingerprint density at radius 2 is 2.13 bits per heavy atom. The molecular formula is C24H34ClNO4. The normalized spacial score (nSPS) is 33.8. The Balaban J connectivity index is 0.00000218. The zero-order valence-corrected chi connectivity index (χ0v) is 19.1. The first-order chi connectivity index (χ1) is 13.9. The van der Waals surface area contributed by atoms with Crippen molar-refractivity contribution < 1.29 is 19.4 Å². The van der Waals surface area contributed by atoms with E-state index in [9.17, 15) is 9.90 Å². The lowest BCUT2D eigenvalue weighted by atomic mass is 9.48. The van der Waals surface area contributed by atoms with Gasteiger partial charge in [0.25, 0.3) is 0 Å². The molecule has 2 aliphatic carbocycles. The lowest BCUT2D eigenvalue weighted by Gasteiger charge is -2.64. The van der Waals surface area contributed by atoms with E-state index in [1.807, 2.05) is 6.07 Å². The van der Waals surface area contributed by atoms with Crippen molar-refractivity contribution in [3.05, 3.63) is 23.3 Å². The van der Waals surface area contributed by atoms with Gasteiger partial charge in [-0.15, -0.1) is 12.4 Å². The first-order valence-electron chi connectivity index (χ1n) is 11.4. The number of ketones is 1. The van der Waals surface area contributed by atoms with Gasteiger partial charge < -0.3 is 14.6 Å². The smallest absolute Gasteiger partial charge is 0.174 e. The number of aromatic hydroxyl groups is 1. The van der Waals surface area contributed by atoms with Crippen LogP contribution in [0.3, 0.4) is 0 Å². The minimum atomic E-state index is -0.524. The van der Waals surface area contributed by atoms with Crippen LogP contribution < -0.4 is 4.74 Å². The monoisotopic (exact) mass is 435 g/mol. The summed E-state index contributed by atoms with van der Waals surface area (Å²) in [5.74, 6) is 1.44. The molecule has 1 saturated heterocycles. The number of nitrogens with zero attached hydrogens (tertiary/aromatic N) is 1. The number of hydrogen-bond acceptors (Lipinski definition) is 5. The fourth-order valence-electron chi connectivity index (χ4n) is 6.71. The number of halogens is 1. The minimum Gasteiger partial charge on any atom is -0.504 e. The van der Waals surface area contributed by atoms with Crippen LogP contribution in [0.5, 0.6) is 11.5 Å². The molecule has 2 aliphatic heterocycles. The number of ether oxygens (including phenoxy) is 2. The van der Waals surface area contributed by atoms with E-state index in [4.69, 9.17) is 9.47 Å². The summed E-state index contributed by atoms with van der Waals surface area (Å²) in [6.45, 7) is 9.39. The van der Waals surface area contributed by atoms with Gasteiger partial charge in [-0.3, -0.25) is 9.69 Å². The van der Waals surface area contributed by atoms with Crippen molar-refractivity contribution >= 4 is 18.2 Å². The molecule has 0 amide bonds. The number of carbonyl (C=O) groups is 1. The summed E-state index contributed by atoms with van der Waals surface area (Å²) in [4.78, 5) is 15.7. The van der Waals surface area contributed by atoms with Crippen LogP contribution in [0.1, 0.15) is 64.0 Å². The maximum atomic E-state index is 13.1. The van der Waals surface area contributed by atoms with Crippen LogP contribution in [0.4, 0.5) is 0 Å². The zero-order valence-electron chi connectivity index (χ0n) is 18.3.